The largest absolute Gasteiger partial charge is 0.382 e. The van der Waals surface area contributed by atoms with Gasteiger partial charge in [-0.05, 0) is 50.1 Å². The number of urea groups is 1. The average Bonchev–Trinajstić information content (AvgIpc) is 2.66. The molecule has 3 amide bonds. The van der Waals surface area contributed by atoms with Gasteiger partial charge in [-0.1, -0.05) is 30.3 Å². The fourth-order valence-electron chi connectivity index (χ4n) is 2.55. The van der Waals surface area contributed by atoms with E-state index in [0.29, 0.717) is 31.7 Å². The van der Waals surface area contributed by atoms with E-state index in [2.05, 4.69) is 16.0 Å². The van der Waals surface area contributed by atoms with Gasteiger partial charge in [0, 0.05) is 31.0 Å². The quantitative estimate of drug-likeness (QED) is 0.576. The van der Waals surface area contributed by atoms with E-state index < -0.39 is 0 Å². The fraction of sp³-hybridized carbons (Fsp3) is 0.333. The van der Waals surface area contributed by atoms with Crippen molar-refractivity contribution >= 4 is 23.3 Å². The summed E-state index contributed by atoms with van der Waals surface area (Å²) in [5, 5.41) is 8.52. The first-order chi connectivity index (χ1) is 13.1. The molecule has 0 bridgehead atoms. The lowest BCUT2D eigenvalue weighted by Crippen LogP contribution is -2.26. The van der Waals surface area contributed by atoms with Crippen LogP contribution in [0, 0.1) is 0 Å². The van der Waals surface area contributed by atoms with Crippen LogP contribution in [0.25, 0.3) is 0 Å². The lowest BCUT2D eigenvalue weighted by atomic mass is 10.1. The van der Waals surface area contributed by atoms with Gasteiger partial charge in [-0.2, -0.15) is 0 Å². The molecule has 0 aliphatic carbocycles. The predicted molar refractivity (Wildman–Crippen MR) is 108 cm³/mol. The first-order valence-electron chi connectivity index (χ1n) is 9.18. The van der Waals surface area contributed by atoms with Gasteiger partial charge in [-0.3, -0.25) is 4.79 Å². The highest BCUT2D eigenvalue weighted by Crippen LogP contribution is 2.17. The number of nitrogens with one attached hydrogen (secondary N) is 3. The molecule has 0 radical (unpaired) electrons. The summed E-state index contributed by atoms with van der Waals surface area (Å²) in [4.78, 5) is 23.9. The maximum absolute atomic E-state index is 12.0. The van der Waals surface area contributed by atoms with E-state index in [9.17, 15) is 9.59 Å². The second kappa shape index (κ2) is 11.0. The number of amides is 3. The molecular formula is C21H27N3O3. The Bertz CT molecular complexity index is 717. The molecule has 0 aromatic heterocycles. The van der Waals surface area contributed by atoms with E-state index in [1.54, 1.807) is 0 Å². The van der Waals surface area contributed by atoms with Crippen LogP contribution < -0.4 is 16.0 Å². The van der Waals surface area contributed by atoms with Gasteiger partial charge in [-0.15, -0.1) is 0 Å². The van der Waals surface area contributed by atoms with E-state index in [1.807, 2.05) is 68.4 Å². The van der Waals surface area contributed by atoms with Gasteiger partial charge in [0.2, 0.25) is 5.91 Å². The van der Waals surface area contributed by atoms with Crippen molar-refractivity contribution in [2.75, 3.05) is 23.8 Å². The third-order valence-corrected chi connectivity index (χ3v) is 3.97. The zero-order chi connectivity index (χ0) is 19.5. The van der Waals surface area contributed by atoms with Crippen molar-refractivity contribution in [2.24, 2.45) is 0 Å². The highest BCUT2D eigenvalue weighted by atomic mass is 16.5. The monoisotopic (exact) mass is 369 g/mol. The molecule has 27 heavy (non-hydrogen) atoms. The first kappa shape index (κ1) is 20.5. The summed E-state index contributed by atoms with van der Waals surface area (Å²) >= 11 is 0. The van der Waals surface area contributed by atoms with Crippen LogP contribution >= 0.6 is 0 Å². The topological polar surface area (TPSA) is 79.5 Å². The van der Waals surface area contributed by atoms with Crippen molar-refractivity contribution in [2.45, 2.75) is 32.7 Å². The third kappa shape index (κ3) is 7.50. The third-order valence-electron chi connectivity index (χ3n) is 3.97. The van der Waals surface area contributed by atoms with E-state index in [1.165, 1.54) is 0 Å². The Balaban J connectivity index is 1.79. The van der Waals surface area contributed by atoms with Crippen LogP contribution in [0.4, 0.5) is 16.2 Å². The van der Waals surface area contributed by atoms with Crippen LogP contribution in [0.2, 0.25) is 0 Å². The molecule has 1 unspecified atom stereocenters. The van der Waals surface area contributed by atoms with Gasteiger partial charge >= 0.3 is 6.03 Å². The van der Waals surface area contributed by atoms with Crippen molar-refractivity contribution in [3.05, 3.63) is 60.2 Å². The van der Waals surface area contributed by atoms with E-state index in [-0.39, 0.29) is 18.0 Å². The summed E-state index contributed by atoms with van der Waals surface area (Å²) in [5.41, 5.74) is 2.39. The number of anilines is 2. The molecule has 0 spiro atoms. The fourth-order valence-corrected chi connectivity index (χ4v) is 2.55. The molecular weight excluding hydrogens is 342 g/mol. The molecule has 0 saturated heterocycles. The summed E-state index contributed by atoms with van der Waals surface area (Å²) in [6, 6.07) is 16.3. The standard InChI is InChI=1S/C21H27N3O3/c1-3-27-15-7-10-20(25)22-16(2)17-11-13-19(14-12-17)24-21(26)23-18-8-5-4-6-9-18/h4-6,8-9,11-14,16H,3,7,10,15H2,1-2H3,(H,22,25)(H2,23,24,26). The SMILES string of the molecule is CCOCCCC(=O)NC(C)c1ccc(NC(=O)Nc2ccccc2)cc1. The summed E-state index contributed by atoms with van der Waals surface area (Å²) in [6.45, 7) is 5.14. The Labute approximate surface area is 160 Å². The molecule has 0 fully saturated rings. The molecule has 2 aromatic carbocycles. The average molecular weight is 369 g/mol. The molecule has 0 aliphatic rings. The molecule has 2 aromatic rings. The highest BCUT2D eigenvalue weighted by Gasteiger charge is 2.10. The second-order valence-electron chi connectivity index (χ2n) is 6.16. The van der Waals surface area contributed by atoms with Crippen LogP contribution in [0.15, 0.2) is 54.6 Å². The van der Waals surface area contributed by atoms with Gasteiger partial charge in [0.1, 0.15) is 0 Å². The summed E-state index contributed by atoms with van der Waals surface area (Å²) in [6.07, 6.45) is 1.16. The van der Waals surface area contributed by atoms with Crippen LogP contribution in [-0.4, -0.2) is 25.2 Å². The Kier molecular flexibility index (Phi) is 8.32. The molecule has 1 atom stereocenters. The van der Waals surface area contributed by atoms with Gasteiger partial charge in [0.25, 0.3) is 0 Å². The summed E-state index contributed by atoms with van der Waals surface area (Å²) in [7, 11) is 0. The number of ether oxygens (including phenoxy) is 1. The normalized spacial score (nSPS) is 11.5. The van der Waals surface area contributed by atoms with E-state index in [0.717, 1.165) is 11.3 Å². The molecule has 0 saturated carbocycles. The van der Waals surface area contributed by atoms with Crippen LogP contribution in [-0.2, 0) is 9.53 Å². The Morgan fingerprint density at radius 2 is 1.59 bits per heavy atom. The Hall–Kier alpha value is -2.86. The molecule has 0 heterocycles. The van der Waals surface area contributed by atoms with Gasteiger partial charge in [-0.25, -0.2) is 4.79 Å². The summed E-state index contributed by atoms with van der Waals surface area (Å²) < 4.78 is 5.24. The molecule has 3 N–H and O–H groups in total. The van der Waals surface area contributed by atoms with Gasteiger partial charge in [0.15, 0.2) is 0 Å². The minimum absolute atomic E-state index is 0.00615. The molecule has 144 valence electrons. The van der Waals surface area contributed by atoms with E-state index in [4.69, 9.17) is 4.74 Å². The first-order valence-corrected chi connectivity index (χ1v) is 9.18. The van der Waals surface area contributed by atoms with Crippen LogP contribution in [0.5, 0.6) is 0 Å². The number of hydrogen-bond acceptors (Lipinski definition) is 3. The highest BCUT2D eigenvalue weighted by molar-refractivity contribution is 5.99. The molecule has 0 aliphatic heterocycles. The zero-order valence-electron chi connectivity index (χ0n) is 15.8. The van der Waals surface area contributed by atoms with Crippen LogP contribution in [0.3, 0.4) is 0 Å². The van der Waals surface area contributed by atoms with Crippen molar-refractivity contribution in [3.63, 3.8) is 0 Å². The molecule has 2 rings (SSSR count). The smallest absolute Gasteiger partial charge is 0.323 e. The number of carbonyl (C=O) groups excluding carboxylic acids is 2. The van der Waals surface area contributed by atoms with Crippen molar-refractivity contribution in [1.82, 2.24) is 5.32 Å². The maximum atomic E-state index is 12.0. The minimum Gasteiger partial charge on any atom is -0.382 e. The lowest BCUT2D eigenvalue weighted by molar-refractivity contribution is -0.122. The molecule has 6 nitrogen and oxygen atoms in total. The Morgan fingerprint density at radius 3 is 2.22 bits per heavy atom. The number of para-hydroxylation sites is 1. The van der Waals surface area contributed by atoms with Crippen molar-refractivity contribution in [1.29, 1.82) is 0 Å². The van der Waals surface area contributed by atoms with Crippen LogP contribution in [0.1, 0.15) is 38.3 Å². The van der Waals surface area contributed by atoms with Gasteiger partial charge in [0.05, 0.1) is 6.04 Å². The predicted octanol–water partition coefficient (Wildman–Crippen LogP) is 4.32. The van der Waals surface area contributed by atoms with Gasteiger partial charge < -0.3 is 20.7 Å². The second-order valence-corrected chi connectivity index (χ2v) is 6.16. The number of benzene rings is 2. The number of rotatable bonds is 9. The lowest BCUT2D eigenvalue weighted by Gasteiger charge is -2.15. The van der Waals surface area contributed by atoms with Crippen molar-refractivity contribution < 1.29 is 14.3 Å². The number of hydrogen-bond donors (Lipinski definition) is 3. The minimum atomic E-state index is -0.301. The summed E-state index contributed by atoms with van der Waals surface area (Å²) in [5.74, 6) is 0.00615. The molecule has 6 heteroatoms. The Morgan fingerprint density at radius 1 is 0.963 bits per heavy atom. The van der Waals surface area contributed by atoms with E-state index >= 15 is 0 Å². The zero-order valence-corrected chi connectivity index (χ0v) is 15.8. The van der Waals surface area contributed by atoms with Crippen molar-refractivity contribution in [3.8, 4) is 0 Å². The maximum Gasteiger partial charge on any atom is 0.323 e. The number of carbonyl (C=O) groups is 2.